The molecule has 4 aliphatic carbocycles. The Hall–Kier alpha value is -1.47. The van der Waals surface area contributed by atoms with Crippen molar-refractivity contribution < 1.29 is 30.3 Å². The number of aliphatic hydroxyl groups is 4. The highest BCUT2D eigenvalue weighted by Gasteiger charge is 2.73. The fourth-order valence-corrected chi connectivity index (χ4v) is 8.24. The third-order valence-electron chi connectivity index (χ3n) is 11.6. The molecule has 0 aliphatic heterocycles. The van der Waals surface area contributed by atoms with E-state index in [2.05, 4.69) is 12.7 Å². The van der Waals surface area contributed by atoms with Gasteiger partial charge in [-0.2, -0.15) is 0 Å². The molecule has 2 saturated carbocycles. The van der Waals surface area contributed by atoms with Crippen LogP contribution < -0.4 is 0 Å². The van der Waals surface area contributed by atoms with Crippen molar-refractivity contribution in [2.45, 2.75) is 110 Å². The average Bonchev–Trinajstić information content (AvgIpc) is 2.94. The van der Waals surface area contributed by atoms with Crippen molar-refractivity contribution in [3.05, 3.63) is 35.5 Å². The summed E-state index contributed by atoms with van der Waals surface area (Å²) in [5.74, 6) is -2.03. The minimum absolute atomic E-state index is 0.0112. The zero-order chi connectivity index (χ0) is 27.1. The van der Waals surface area contributed by atoms with Crippen LogP contribution in [0.4, 0.5) is 0 Å². The molecule has 4 rings (SSSR count). The van der Waals surface area contributed by atoms with Gasteiger partial charge in [-0.15, -0.1) is 0 Å². The minimum atomic E-state index is -1.61. The van der Waals surface area contributed by atoms with E-state index in [1.165, 1.54) is 0 Å². The van der Waals surface area contributed by atoms with Crippen LogP contribution in [0.15, 0.2) is 35.5 Å². The normalized spacial score (nSPS) is 44.1. The van der Waals surface area contributed by atoms with E-state index in [1.54, 1.807) is 0 Å². The lowest BCUT2D eigenvalue weighted by Gasteiger charge is -2.61. The van der Waals surface area contributed by atoms with Crippen LogP contribution in [0.5, 0.6) is 0 Å². The molecule has 36 heavy (non-hydrogen) atoms. The van der Waals surface area contributed by atoms with E-state index in [0.717, 1.165) is 16.7 Å². The maximum atomic E-state index is 12.6. The first kappa shape index (κ1) is 27.6. The standard InChI is InChI=1S/C30H46O6/c1-17(2)18(3)8-9-22(25(33)34)30(36)16-24(32)28(7)20-13-15-29(35)21(10-11-23(31)26(29,4)5)19(20)12-14-27(28,30)6/h12-13,17,21-24,31-32,35-36H,3,8-11,14-16H2,1-2,4-7H3,(H,33,34)/t21-,22+,23+,24+,27+,28-,29+,30+/m1/s1. The molecule has 8 atom stereocenters. The summed E-state index contributed by atoms with van der Waals surface area (Å²) in [6.07, 6.45) is 5.30. The number of aliphatic hydroxyl groups excluding tert-OH is 2. The van der Waals surface area contributed by atoms with Gasteiger partial charge in [-0.05, 0) is 55.6 Å². The summed E-state index contributed by atoms with van der Waals surface area (Å²) < 4.78 is 0. The van der Waals surface area contributed by atoms with Crippen molar-refractivity contribution in [3.8, 4) is 0 Å². The van der Waals surface area contributed by atoms with Crippen LogP contribution in [0.3, 0.4) is 0 Å². The molecule has 0 heterocycles. The van der Waals surface area contributed by atoms with Crippen LogP contribution in [0, 0.1) is 34.0 Å². The summed E-state index contributed by atoms with van der Waals surface area (Å²) in [7, 11) is 0. The summed E-state index contributed by atoms with van der Waals surface area (Å²) in [5.41, 5.74) is -2.30. The van der Waals surface area contributed by atoms with E-state index in [1.807, 2.05) is 47.6 Å². The highest BCUT2D eigenvalue weighted by Crippen LogP contribution is 2.71. The van der Waals surface area contributed by atoms with Gasteiger partial charge >= 0.3 is 5.97 Å². The molecule has 6 nitrogen and oxygen atoms in total. The summed E-state index contributed by atoms with van der Waals surface area (Å²) in [6.45, 7) is 15.9. The monoisotopic (exact) mass is 502 g/mol. The Bertz CT molecular complexity index is 1010. The second kappa shape index (κ2) is 8.52. The van der Waals surface area contributed by atoms with E-state index in [4.69, 9.17) is 0 Å². The summed E-state index contributed by atoms with van der Waals surface area (Å²) >= 11 is 0. The van der Waals surface area contributed by atoms with E-state index in [0.29, 0.717) is 32.1 Å². The Balaban J connectivity index is 1.77. The van der Waals surface area contributed by atoms with Gasteiger partial charge in [0.15, 0.2) is 0 Å². The number of hydrogen-bond acceptors (Lipinski definition) is 5. The minimum Gasteiger partial charge on any atom is -0.481 e. The van der Waals surface area contributed by atoms with Crippen molar-refractivity contribution in [1.82, 2.24) is 0 Å². The summed E-state index contributed by atoms with van der Waals surface area (Å²) in [4.78, 5) is 12.6. The maximum Gasteiger partial charge on any atom is 0.309 e. The van der Waals surface area contributed by atoms with Gasteiger partial charge in [-0.25, -0.2) is 0 Å². The lowest BCUT2D eigenvalue weighted by Crippen LogP contribution is -2.63. The zero-order valence-corrected chi connectivity index (χ0v) is 22.8. The molecule has 202 valence electrons. The van der Waals surface area contributed by atoms with Crippen LogP contribution in [0.2, 0.25) is 0 Å². The second-order valence-corrected chi connectivity index (χ2v) is 13.4. The van der Waals surface area contributed by atoms with Crippen molar-refractivity contribution in [3.63, 3.8) is 0 Å². The topological polar surface area (TPSA) is 118 Å². The molecule has 5 N–H and O–H groups in total. The van der Waals surface area contributed by atoms with Gasteiger partial charge in [0, 0.05) is 28.6 Å². The number of hydrogen-bond donors (Lipinski definition) is 5. The molecule has 0 saturated heterocycles. The van der Waals surface area contributed by atoms with E-state index < -0.39 is 51.5 Å². The SMILES string of the molecule is C=C(CC[C@@H](C(=O)O)[C@@]1(O)C[C@H](O)[C@@]2(C)C3=CC[C@]4(O)[C@H](CC[C@H](O)C4(C)C)C3=CC[C@]12C)C(C)C. The molecule has 2 fully saturated rings. The van der Waals surface area contributed by atoms with Crippen LogP contribution in [0.25, 0.3) is 0 Å². The fourth-order valence-electron chi connectivity index (χ4n) is 8.24. The zero-order valence-electron chi connectivity index (χ0n) is 22.8. The third kappa shape index (κ3) is 3.33. The molecular formula is C30H46O6. The lowest BCUT2D eigenvalue weighted by molar-refractivity contribution is -0.182. The predicted octanol–water partition coefficient (Wildman–Crippen LogP) is 4.38. The van der Waals surface area contributed by atoms with E-state index in [-0.39, 0.29) is 24.7 Å². The molecule has 0 aromatic heterocycles. The molecule has 0 amide bonds. The third-order valence-corrected chi connectivity index (χ3v) is 11.6. The Morgan fingerprint density at radius 1 is 1.06 bits per heavy atom. The molecule has 4 aliphatic rings. The Labute approximate surface area is 215 Å². The van der Waals surface area contributed by atoms with Crippen molar-refractivity contribution in [2.24, 2.45) is 34.0 Å². The quantitative estimate of drug-likeness (QED) is 0.344. The van der Waals surface area contributed by atoms with Gasteiger partial charge in [0.25, 0.3) is 0 Å². The molecule has 0 aromatic carbocycles. The Morgan fingerprint density at radius 2 is 1.69 bits per heavy atom. The second-order valence-electron chi connectivity index (χ2n) is 13.4. The fraction of sp³-hybridized carbons (Fsp3) is 0.767. The van der Waals surface area contributed by atoms with Gasteiger partial charge in [-0.3, -0.25) is 4.79 Å². The molecule has 6 heteroatoms. The number of fused-ring (bicyclic) bond motifs is 5. The largest absolute Gasteiger partial charge is 0.481 e. The summed E-state index contributed by atoms with van der Waals surface area (Å²) in [6, 6.07) is 0. The number of carbonyl (C=O) groups is 1. The van der Waals surface area contributed by atoms with Crippen molar-refractivity contribution in [1.29, 1.82) is 0 Å². The van der Waals surface area contributed by atoms with E-state index >= 15 is 0 Å². The van der Waals surface area contributed by atoms with Gasteiger partial charge in [0.05, 0.1) is 29.3 Å². The first-order valence-electron chi connectivity index (χ1n) is 13.6. The number of rotatable bonds is 6. The number of aliphatic carboxylic acids is 1. The van der Waals surface area contributed by atoms with Gasteiger partial charge in [0.2, 0.25) is 0 Å². The Morgan fingerprint density at radius 3 is 2.28 bits per heavy atom. The van der Waals surface area contributed by atoms with Crippen molar-refractivity contribution in [2.75, 3.05) is 0 Å². The van der Waals surface area contributed by atoms with Gasteiger partial charge in [-0.1, -0.05) is 65.8 Å². The highest BCUT2D eigenvalue weighted by molar-refractivity contribution is 5.72. The van der Waals surface area contributed by atoms with Crippen LogP contribution in [-0.4, -0.2) is 54.9 Å². The van der Waals surface area contributed by atoms with Gasteiger partial charge in [0.1, 0.15) is 0 Å². The van der Waals surface area contributed by atoms with E-state index in [9.17, 15) is 30.3 Å². The first-order chi connectivity index (χ1) is 16.5. The van der Waals surface area contributed by atoms with Crippen molar-refractivity contribution >= 4 is 5.97 Å². The highest BCUT2D eigenvalue weighted by atomic mass is 16.4. The number of carboxylic acid groups (broad SMARTS) is 1. The first-order valence-corrected chi connectivity index (χ1v) is 13.6. The molecule has 0 unspecified atom stereocenters. The molecular weight excluding hydrogens is 456 g/mol. The van der Waals surface area contributed by atoms with Crippen LogP contribution >= 0.6 is 0 Å². The van der Waals surface area contributed by atoms with Crippen LogP contribution in [0.1, 0.15) is 86.5 Å². The molecule has 0 aromatic rings. The molecule has 0 spiro atoms. The predicted molar refractivity (Wildman–Crippen MR) is 139 cm³/mol. The number of carboxylic acids is 1. The lowest BCUT2D eigenvalue weighted by atomic mass is 9.46. The average molecular weight is 503 g/mol. The number of allylic oxidation sites excluding steroid dienone is 2. The maximum absolute atomic E-state index is 12.6. The Kier molecular flexibility index (Phi) is 6.52. The molecule has 0 bridgehead atoms. The molecule has 0 radical (unpaired) electrons. The van der Waals surface area contributed by atoms with Gasteiger partial charge < -0.3 is 25.5 Å². The smallest absolute Gasteiger partial charge is 0.309 e. The van der Waals surface area contributed by atoms with Crippen LogP contribution in [-0.2, 0) is 4.79 Å². The summed E-state index contributed by atoms with van der Waals surface area (Å²) in [5, 5.41) is 56.7.